The number of ether oxygens (including phenoxy) is 6. The van der Waals surface area contributed by atoms with Crippen molar-refractivity contribution >= 4 is 22.6 Å². The van der Waals surface area contributed by atoms with E-state index in [1.165, 1.54) is 19.3 Å². The molecule has 4 aliphatic carbocycles. The van der Waals surface area contributed by atoms with E-state index in [4.69, 9.17) is 28.4 Å². The van der Waals surface area contributed by atoms with Crippen LogP contribution in [0.2, 0.25) is 0 Å². The van der Waals surface area contributed by atoms with Crippen molar-refractivity contribution in [3.63, 3.8) is 0 Å². The fourth-order valence-electron chi connectivity index (χ4n) is 9.12. The summed E-state index contributed by atoms with van der Waals surface area (Å²) in [5.74, 6) is 0.692. The van der Waals surface area contributed by atoms with Gasteiger partial charge in [0.1, 0.15) is 30.5 Å². The summed E-state index contributed by atoms with van der Waals surface area (Å²) in [6.07, 6.45) is 4.61. The number of nitriles is 1. The third-order valence-electron chi connectivity index (χ3n) is 10.9. The molecule has 2 heterocycles. The van der Waals surface area contributed by atoms with Gasteiger partial charge in [-0.05, 0) is 102 Å². The van der Waals surface area contributed by atoms with Gasteiger partial charge in [0.2, 0.25) is 0 Å². The monoisotopic (exact) mass is 747 g/mol. The minimum Gasteiger partial charge on any atom is -0.368 e. The van der Waals surface area contributed by atoms with Gasteiger partial charge in [-0.25, -0.2) is 0 Å². The minimum atomic E-state index is -1.49. The van der Waals surface area contributed by atoms with Gasteiger partial charge in [-0.1, -0.05) is 78.9 Å². The van der Waals surface area contributed by atoms with E-state index in [0.717, 1.165) is 57.3 Å². The predicted octanol–water partition coefficient (Wildman–Crippen LogP) is 7.35. The molecular formula is C39H42INO6. The van der Waals surface area contributed by atoms with Gasteiger partial charge in [0.25, 0.3) is 5.79 Å². The maximum absolute atomic E-state index is 10.6. The molecule has 0 aromatic heterocycles. The number of nitrogens with zero attached hydrogens (tertiary/aromatic N) is 1. The summed E-state index contributed by atoms with van der Waals surface area (Å²) < 4.78 is 41.8. The second kappa shape index (κ2) is 13.5. The molecule has 0 unspecified atom stereocenters. The lowest BCUT2D eigenvalue weighted by molar-refractivity contribution is -0.401. The van der Waals surface area contributed by atoms with Gasteiger partial charge in [-0.3, -0.25) is 0 Å². The zero-order valence-electron chi connectivity index (χ0n) is 26.5. The van der Waals surface area contributed by atoms with Crippen LogP contribution in [-0.4, -0.2) is 48.7 Å². The summed E-state index contributed by atoms with van der Waals surface area (Å²) in [7, 11) is 0. The number of benzene rings is 3. The Bertz CT molecular complexity index is 1530. The first-order valence-corrected chi connectivity index (χ1v) is 18.2. The minimum absolute atomic E-state index is 0.193. The second-order valence-corrected chi connectivity index (χ2v) is 15.5. The van der Waals surface area contributed by atoms with Crippen molar-refractivity contribution in [3.05, 3.63) is 105 Å². The first-order valence-electron chi connectivity index (χ1n) is 17.1. The Kier molecular flexibility index (Phi) is 9.16. The molecule has 0 radical (unpaired) electrons. The average Bonchev–Trinajstić information content (AvgIpc) is 3.08. The number of fused-ring (bicyclic) bond motifs is 1. The lowest BCUT2D eigenvalue weighted by Gasteiger charge is -2.58. The largest absolute Gasteiger partial charge is 0.368 e. The lowest BCUT2D eigenvalue weighted by Crippen LogP contribution is -2.68. The number of rotatable bonds is 10. The molecule has 4 saturated carbocycles. The van der Waals surface area contributed by atoms with E-state index in [1.807, 2.05) is 60.7 Å². The van der Waals surface area contributed by atoms with Crippen LogP contribution in [0.1, 0.15) is 55.2 Å². The Morgan fingerprint density at radius 1 is 0.766 bits per heavy atom. The maximum atomic E-state index is 10.6. The van der Waals surface area contributed by atoms with E-state index in [1.54, 1.807) is 0 Å². The SMILES string of the molecule is N#C[C@@]1(Cc2ccccc2I)OC[C@H]2O[C@@H](OC34CC5CC(CC(C5)C3)C4)[C@@H](OCc3ccccc3)[C@@H](OCc3ccccc3)[C@@H]2O1. The van der Waals surface area contributed by atoms with Crippen LogP contribution in [0.4, 0.5) is 0 Å². The first kappa shape index (κ1) is 31.9. The highest BCUT2D eigenvalue weighted by molar-refractivity contribution is 14.1. The molecule has 3 aromatic carbocycles. The normalized spacial score (nSPS) is 37.3. The van der Waals surface area contributed by atoms with Crippen LogP contribution in [-0.2, 0) is 48.1 Å². The molecule has 2 saturated heterocycles. The van der Waals surface area contributed by atoms with Crippen molar-refractivity contribution in [2.24, 2.45) is 17.8 Å². The van der Waals surface area contributed by atoms with Gasteiger partial charge in [-0.15, -0.1) is 0 Å². The van der Waals surface area contributed by atoms with Gasteiger partial charge in [0.15, 0.2) is 6.29 Å². The van der Waals surface area contributed by atoms with E-state index in [-0.39, 0.29) is 12.2 Å². The first-order chi connectivity index (χ1) is 23.0. The quantitative estimate of drug-likeness (QED) is 0.201. The van der Waals surface area contributed by atoms with Gasteiger partial charge < -0.3 is 28.4 Å². The van der Waals surface area contributed by atoms with E-state index >= 15 is 0 Å². The Balaban J connectivity index is 1.12. The number of hydrogen-bond donors (Lipinski definition) is 0. The van der Waals surface area contributed by atoms with Crippen molar-refractivity contribution in [3.8, 4) is 6.07 Å². The molecule has 2 aliphatic heterocycles. The molecular weight excluding hydrogens is 705 g/mol. The zero-order valence-corrected chi connectivity index (χ0v) is 28.7. The molecule has 0 N–H and O–H groups in total. The molecule has 246 valence electrons. The number of halogens is 1. The molecule has 9 rings (SSSR count). The van der Waals surface area contributed by atoms with Gasteiger partial charge in [0, 0.05) is 9.99 Å². The zero-order chi connectivity index (χ0) is 31.8. The summed E-state index contributed by atoms with van der Waals surface area (Å²) in [4.78, 5) is 0. The summed E-state index contributed by atoms with van der Waals surface area (Å²) in [5.41, 5.74) is 2.89. The Labute approximate surface area is 291 Å². The number of hydrogen-bond acceptors (Lipinski definition) is 7. The summed E-state index contributed by atoms with van der Waals surface area (Å²) in [6.45, 7) is 0.934. The topological polar surface area (TPSA) is 79.2 Å². The van der Waals surface area contributed by atoms with Crippen molar-refractivity contribution in [2.45, 2.75) is 100 Å². The summed E-state index contributed by atoms with van der Waals surface area (Å²) in [6, 6.07) is 30.7. The molecule has 3 aromatic rings. The molecule has 47 heavy (non-hydrogen) atoms. The molecule has 8 heteroatoms. The molecule has 7 nitrogen and oxygen atoms in total. The molecule has 4 bridgehead atoms. The summed E-state index contributed by atoms with van der Waals surface area (Å²) >= 11 is 2.30. The van der Waals surface area contributed by atoms with Crippen LogP contribution < -0.4 is 0 Å². The smallest absolute Gasteiger partial charge is 0.264 e. The fraction of sp³-hybridized carbons (Fsp3) is 0.513. The van der Waals surface area contributed by atoms with Gasteiger partial charge in [-0.2, -0.15) is 5.26 Å². The van der Waals surface area contributed by atoms with Crippen LogP contribution in [0.5, 0.6) is 0 Å². The van der Waals surface area contributed by atoms with Crippen molar-refractivity contribution in [1.29, 1.82) is 5.26 Å². The van der Waals surface area contributed by atoms with E-state index in [0.29, 0.717) is 19.6 Å². The van der Waals surface area contributed by atoms with Crippen molar-refractivity contribution in [1.82, 2.24) is 0 Å². The van der Waals surface area contributed by atoms with Crippen molar-refractivity contribution < 1.29 is 28.4 Å². The van der Waals surface area contributed by atoms with Crippen molar-refractivity contribution in [2.75, 3.05) is 6.61 Å². The van der Waals surface area contributed by atoms with Crippen LogP contribution >= 0.6 is 22.6 Å². The Hall–Kier alpha value is -2.36. The maximum Gasteiger partial charge on any atom is 0.264 e. The highest BCUT2D eigenvalue weighted by Crippen LogP contribution is 2.58. The molecule has 0 spiro atoms. The van der Waals surface area contributed by atoms with Gasteiger partial charge in [0.05, 0.1) is 25.4 Å². The van der Waals surface area contributed by atoms with Crippen LogP contribution in [0.3, 0.4) is 0 Å². The Morgan fingerprint density at radius 2 is 1.34 bits per heavy atom. The Morgan fingerprint density at radius 3 is 1.94 bits per heavy atom. The van der Waals surface area contributed by atoms with Crippen LogP contribution in [0, 0.1) is 32.7 Å². The second-order valence-electron chi connectivity index (χ2n) is 14.3. The predicted molar refractivity (Wildman–Crippen MR) is 183 cm³/mol. The molecule has 6 fully saturated rings. The highest BCUT2D eigenvalue weighted by atomic mass is 127. The van der Waals surface area contributed by atoms with E-state index < -0.39 is 36.5 Å². The van der Waals surface area contributed by atoms with E-state index in [9.17, 15) is 5.26 Å². The molecule has 6 aliphatic rings. The van der Waals surface area contributed by atoms with Crippen LogP contribution in [0.25, 0.3) is 0 Å². The fourth-order valence-corrected chi connectivity index (χ4v) is 9.70. The van der Waals surface area contributed by atoms with Gasteiger partial charge >= 0.3 is 0 Å². The standard InChI is InChI=1S/C39H42INO6/c40-32-14-8-7-13-31(32)21-39(25-41)44-24-33-34(46-39)35(42-22-26-9-3-1-4-10-26)36(43-23-27-11-5-2-6-12-27)37(45-33)47-38-18-28-15-29(19-38)17-30(16-28)20-38/h1-14,28-30,33-37H,15-24H2/t28?,29?,30?,33-,34-,35+,36+,37+,38?,39+/m1/s1. The molecule has 0 amide bonds. The van der Waals surface area contributed by atoms with E-state index in [2.05, 4.69) is 52.9 Å². The third-order valence-corrected chi connectivity index (χ3v) is 11.9. The lowest BCUT2D eigenvalue weighted by atomic mass is 9.54. The van der Waals surface area contributed by atoms with Crippen LogP contribution in [0.15, 0.2) is 84.9 Å². The summed E-state index contributed by atoms with van der Waals surface area (Å²) in [5, 5.41) is 10.6. The third kappa shape index (κ3) is 6.78. The highest BCUT2D eigenvalue weighted by Gasteiger charge is 2.59. The molecule has 6 atom stereocenters. The average molecular weight is 748 g/mol.